The second-order valence-electron chi connectivity index (χ2n) is 27.3. The van der Waals surface area contributed by atoms with E-state index < -0.39 is 97.5 Å². The Morgan fingerprint density at radius 3 is 0.800 bits per heavy atom. The van der Waals surface area contributed by atoms with Crippen LogP contribution in [0.4, 0.5) is 0 Å². The molecular weight excluding hydrogens is 1430 g/mol. The molecule has 0 aliphatic carbocycles. The summed E-state index contributed by atoms with van der Waals surface area (Å²) in [5.74, 6) is -2.33. The van der Waals surface area contributed by atoms with Crippen LogP contribution in [0.1, 0.15) is 310 Å². The van der Waals surface area contributed by atoms with E-state index in [1.54, 1.807) is 0 Å². The monoisotopic (exact) mass is 1580 g/mol. The first-order valence-electron chi connectivity index (χ1n) is 42.0. The molecule has 0 fully saturated rings. The van der Waals surface area contributed by atoms with Crippen molar-refractivity contribution in [2.24, 2.45) is 0 Å². The minimum Gasteiger partial charge on any atom is -0.462 e. The molecule has 0 aliphatic rings. The average Bonchev–Trinajstić information content (AvgIpc) is 0.900. The summed E-state index contributed by atoms with van der Waals surface area (Å²) in [4.78, 5) is 73.2. The summed E-state index contributed by atoms with van der Waals surface area (Å²) in [6, 6.07) is 0. The van der Waals surface area contributed by atoms with E-state index in [4.69, 9.17) is 37.0 Å². The standard InChI is InChI=1S/C91H148O17P2/c1-5-9-13-17-21-25-29-33-37-40-42-45-49-52-56-60-64-68-72-76-89(94)102-82-87(108-91(96)78-74-70-66-62-58-54-50-46-43-41-38-34-30-26-22-18-14-10-6-2)84-106-110(99,100)104-80-85(92)79-103-109(97,98)105-83-86(107-90(95)77-73-69-65-61-57-53-47-36-32-28-24-20-16-12-8-4)81-101-88(93)75-71-67-63-59-55-51-48-44-39-35-31-27-23-19-15-11-7-3/h9-10,13-14,21-23,25-28,32-35,37-39,42-43,45-46,48,51-52,54,56,58-59,63,85-87,92H,5-8,11-12,15-20,24,29-31,36,40-41,44,47,49-50,53,55,57,60-62,64-84H2,1-4H3,(H,97,98)(H,99,100)/b13-9-,14-10-,25-21-,26-22-,27-23-,32-28-,37-33-,38-34-,39-35-,45-42-,46-43-,51-48-,56-52-,58-54-,63-59-/t85-,86+,87+/m0/s1. The van der Waals surface area contributed by atoms with Gasteiger partial charge in [-0.2, -0.15) is 0 Å². The minimum absolute atomic E-state index is 0.0395. The van der Waals surface area contributed by atoms with Crippen molar-refractivity contribution >= 4 is 39.5 Å². The molecule has 0 aromatic heterocycles. The van der Waals surface area contributed by atoms with Gasteiger partial charge in [0.25, 0.3) is 0 Å². The Morgan fingerprint density at radius 2 is 0.482 bits per heavy atom. The average molecular weight is 1580 g/mol. The predicted molar refractivity (Wildman–Crippen MR) is 454 cm³/mol. The number of phosphoric ester groups is 2. The van der Waals surface area contributed by atoms with Gasteiger partial charge in [-0.3, -0.25) is 37.3 Å². The largest absolute Gasteiger partial charge is 0.472 e. The van der Waals surface area contributed by atoms with Gasteiger partial charge in [-0.15, -0.1) is 0 Å². The smallest absolute Gasteiger partial charge is 0.462 e. The number of aliphatic hydroxyl groups excluding tert-OH is 1. The lowest BCUT2D eigenvalue weighted by atomic mass is 10.1. The number of ether oxygens (including phenoxy) is 4. The fraction of sp³-hybridized carbons (Fsp3) is 0.626. The van der Waals surface area contributed by atoms with E-state index >= 15 is 0 Å². The molecule has 0 rings (SSSR count). The lowest BCUT2D eigenvalue weighted by Gasteiger charge is -2.21. The Bertz CT molecular complexity index is 2800. The number of unbranched alkanes of at least 4 members (excludes halogenated alkanes) is 21. The molecule has 110 heavy (non-hydrogen) atoms. The van der Waals surface area contributed by atoms with Crippen LogP contribution in [-0.4, -0.2) is 96.7 Å². The molecule has 0 amide bonds. The number of phosphoric acid groups is 2. The van der Waals surface area contributed by atoms with Crippen LogP contribution in [0, 0.1) is 0 Å². The van der Waals surface area contributed by atoms with Gasteiger partial charge >= 0.3 is 39.5 Å². The van der Waals surface area contributed by atoms with Gasteiger partial charge in [0, 0.05) is 25.7 Å². The van der Waals surface area contributed by atoms with E-state index in [0.717, 1.165) is 180 Å². The number of carbonyl (C=O) groups is 4. The van der Waals surface area contributed by atoms with Crippen LogP contribution >= 0.6 is 15.6 Å². The maximum absolute atomic E-state index is 13.1. The van der Waals surface area contributed by atoms with Crippen molar-refractivity contribution in [3.8, 4) is 0 Å². The maximum Gasteiger partial charge on any atom is 0.472 e. The SMILES string of the molecule is CC/C=C\C/C=C\C/C=C\C/C=C\C/C=C\CCCCCC(=O)OC[C@H](COP(=O)(O)OC[C@@H](O)COP(=O)(O)OC[C@@H](COC(=O)CCC/C=C\C/C=C\C/C=C\C/C=C\CCCCC)OC(=O)CCCCCCCCC/C=C\CCCCCC)OC(=O)CCCCC/C=C\C/C=C\C/C=C\C/C=C\C/C=C\CC. The highest BCUT2D eigenvalue weighted by molar-refractivity contribution is 7.47. The van der Waals surface area contributed by atoms with Crippen molar-refractivity contribution in [2.75, 3.05) is 39.6 Å². The Hall–Kier alpha value is -5.84. The zero-order chi connectivity index (χ0) is 80.3. The number of aliphatic hydroxyl groups is 1. The summed E-state index contributed by atoms with van der Waals surface area (Å²) in [5, 5.41) is 10.7. The van der Waals surface area contributed by atoms with Gasteiger partial charge in [-0.1, -0.05) is 287 Å². The van der Waals surface area contributed by atoms with E-state index in [1.807, 2.05) is 12.2 Å². The topological polar surface area (TPSA) is 237 Å². The van der Waals surface area contributed by atoms with Gasteiger partial charge in [0.1, 0.15) is 19.3 Å². The van der Waals surface area contributed by atoms with E-state index in [2.05, 4.69) is 198 Å². The fourth-order valence-electron chi connectivity index (χ4n) is 10.5. The van der Waals surface area contributed by atoms with Crippen LogP contribution in [0.15, 0.2) is 182 Å². The summed E-state index contributed by atoms with van der Waals surface area (Å²) < 4.78 is 68.7. The zero-order valence-corrected chi connectivity index (χ0v) is 70.1. The summed E-state index contributed by atoms with van der Waals surface area (Å²) in [5.41, 5.74) is 0. The molecule has 0 radical (unpaired) electrons. The van der Waals surface area contributed by atoms with Gasteiger partial charge in [0.2, 0.25) is 0 Å². The van der Waals surface area contributed by atoms with Crippen molar-refractivity contribution < 1.29 is 80.2 Å². The number of rotatable bonds is 77. The second kappa shape index (κ2) is 81.2. The minimum atomic E-state index is -5.01. The highest BCUT2D eigenvalue weighted by Gasteiger charge is 2.30. The maximum atomic E-state index is 13.1. The molecule has 0 saturated heterocycles. The molecule has 0 saturated carbocycles. The molecule has 2 unspecified atom stereocenters. The van der Waals surface area contributed by atoms with E-state index in [9.17, 15) is 43.2 Å². The molecule has 19 heteroatoms. The number of esters is 4. The van der Waals surface area contributed by atoms with Crippen LogP contribution in [0.25, 0.3) is 0 Å². The molecule has 624 valence electrons. The first kappa shape index (κ1) is 104. The molecule has 3 N–H and O–H groups in total. The molecule has 0 heterocycles. The normalized spacial score (nSPS) is 14.7. The second-order valence-corrected chi connectivity index (χ2v) is 30.2. The molecule has 5 atom stereocenters. The van der Waals surface area contributed by atoms with Gasteiger partial charge in [-0.05, 0) is 180 Å². The van der Waals surface area contributed by atoms with E-state index in [1.165, 1.54) is 44.9 Å². The van der Waals surface area contributed by atoms with Crippen molar-refractivity contribution in [3.05, 3.63) is 182 Å². The first-order chi connectivity index (χ1) is 53.7. The Morgan fingerprint density at radius 1 is 0.264 bits per heavy atom. The van der Waals surface area contributed by atoms with Crippen molar-refractivity contribution in [2.45, 2.75) is 329 Å². The van der Waals surface area contributed by atoms with Gasteiger partial charge < -0.3 is 33.8 Å². The lowest BCUT2D eigenvalue weighted by molar-refractivity contribution is -0.161. The van der Waals surface area contributed by atoms with Crippen molar-refractivity contribution in [1.29, 1.82) is 0 Å². The third-order valence-electron chi connectivity index (χ3n) is 16.8. The third-order valence-corrected chi connectivity index (χ3v) is 18.7. The zero-order valence-electron chi connectivity index (χ0n) is 68.4. The first-order valence-corrected chi connectivity index (χ1v) is 45.0. The lowest BCUT2D eigenvalue weighted by Crippen LogP contribution is -2.30. The molecule has 0 aromatic rings. The van der Waals surface area contributed by atoms with E-state index in [-0.39, 0.29) is 25.7 Å². The summed E-state index contributed by atoms with van der Waals surface area (Å²) in [7, 11) is -10.0. The third kappa shape index (κ3) is 80.2. The van der Waals surface area contributed by atoms with Crippen LogP contribution in [0.5, 0.6) is 0 Å². The summed E-state index contributed by atoms with van der Waals surface area (Å²) >= 11 is 0. The number of hydrogen-bond acceptors (Lipinski definition) is 15. The Balaban J connectivity index is 5.52. The fourth-order valence-corrected chi connectivity index (χ4v) is 12.1. The highest BCUT2D eigenvalue weighted by atomic mass is 31.2. The number of hydrogen-bond donors (Lipinski definition) is 3. The van der Waals surface area contributed by atoms with Crippen LogP contribution < -0.4 is 0 Å². The van der Waals surface area contributed by atoms with Crippen LogP contribution in [0.2, 0.25) is 0 Å². The van der Waals surface area contributed by atoms with Gasteiger partial charge in [-0.25, -0.2) is 9.13 Å². The molecule has 0 aliphatic heterocycles. The molecule has 17 nitrogen and oxygen atoms in total. The number of carbonyl (C=O) groups excluding carboxylic acids is 4. The number of allylic oxidation sites excluding steroid dienone is 30. The van der Waals surface area contributed by atoms with Gasteiger partial charge in [0.15, 0.2) is 12.2 Å². The molecule has 0 spiro atoms. The summed E-state index contributed by atoms with van der Waals surface area (Å²) in [6.07, 6.45) is 98.6. The Labute approximate surface area is 666 Å². The summed E-state index contributed by atoms with van der Waals surface area (Å²) in [6.45, 7) is 4.46. The van der Waals surface area contributed by atoms with Crippen molar-refractivity contribution in [1.82, 2.24) is 0 Å². The highest BCUT2D eigenvalue weighted by Crippen LogP contribution is 2.45. The van der Waals surface area contributed by atoms with Crippen LogP contribution in [-0.2, 0) is 65.4 Å². The quantitative estimate of drug-likeness (QED) is 0.0169. The van der Waals surface area contributed by atoms with Crippen molar-refractivity contribution in [3.63, 3.8) is 0 Å². The molecule has 0 bridgehead atoms. The predicted octanol–water partition coefficient (Wildman–Crippen LogP) is 25.1. The molecular formula is C91H148O17P2. The van der Waals surface area contributed by atoms with Gasteiger partial charge in [0.05, 0.1) is 26.4 Å². The molecule has 0 aromatic carbocycles. The van der Waals surface area contributed by atoms with Crippen LogP contribution in [0.3, 0.4) is 0 Å². The Kier molecular flexibility index (Phi) is 76.9. The van der Waals surface area contributed by atoms with E-state index in [0.29, 0.717) is 32.1 Å².